The molecule has 9 heteroatoms. The molecule has 186 valence electrons. The quantitative estimate of drug-likeness (QED) is 0.461. The summed E-state index contributed by atoms with van der Waals surface area (Å²) in [6.07, 6.45) is 9.81. The average Bonchev–Trinajstić information content (AvgIpc) is 3.30. The van der Waals surface area contributed by atoms with Gasteiger partial charge in [0, 0.05) is 39.1 Å². The topological polar surface area (TPSA) is 84.5 Å². The minimum Gasteiger partial charge on any atom is -0.340 e. The molecule has 4 aliphatic carbocycles. The van der Waals surface area contributed by atoms with E-state index in [2.05, 4.69) is 10.00 Å². The highest BCUT2D eigenvalue weighted by Crippen LogP contribution is 2.65. The molecule has 7 rings (SSSR count). The maximum atomic E-state index is 13.5. The summed E-state index contributed by atoms with van der Waals surface area (Å²) in [6, 6.07) is 6.72. The van der Waals surface area contributed by atoms with Crippen molar-refractivity contribution in [2.75, 3.05) is 26.2 Å². The van der Waals surface area contributed by atoms with Gasteiger partial charge in [-0.25, -0.2) is 4.39 Å². The first-order chi connectivity index (χ1) is 16.8. The van der Waals surface area contributed by atoms with Crippen molar-refractivity contribution < 1.29 is 14.1 Å². The summed E-state index contributed by atoms with van der Waals surface area (Å²) >= 11 is 0. The summed E-state index contributed by atoms with van der Waals surface area (Å²) in [7, 11) is 0. The summed E-state index contributed by atoms with van der Waals surface area (Å²) in [6.45, 7) is 3.69. The number of carbonyl (C=O) groups excluding carboxylic acids is 1. The molecule has 0 radical (unpaired) electrons. The van der Waals surface area contributed by atoms with Crippen LogP contribution in [0.25, 0.3) is 0 Å². The van der Waals surface area contributed by atoms with Gasteiger partial charge in [0.15, 0.2) is 0 Å². The molecule has 8 nitrogen and oxygen atoms in total. The third-order valence-electron chi connectivity index (χ3n) is 8.96. The van der Waals surface area contributed by atoms with Crippen molar-refractivity contribution in [2.24, 2.45) is 17.3 Å². The number of amides is 1. The minimum absolute atomic E-state index is 0.0272. The highest BCUT2D eigenvalue weighted by molar-refractivity contribution is 5.77. The first kappa shape index (κ1) is 22.6. The van der Waals surface area contributed by atoms with Gasteiger partial charge >= 0.3 is 5.69 Å². The largest absolute Gasteiger partial charge is 0.340 e. The van der Waals surface area contributed by atoms with E-state index in [1.54, 1.807) is 18.3 Å². The molecule has 0 N–H and O–H groups in total. The van der Waals surface area contributed by atoms with Crippen molar-refractivity contribution in [3.8, 4) is 0 Å². The third kappa shape index (κ3) is 4.24. The Morgan fingerprint density at radius 3 is 2.54 bits per heavy atom. The Morgan fingerprint density at radius 2 is 1.89 bits per heavy atom. The van der Waals surface area contributed by atoms with Crippen LogP contribution < -0.4 is 0 Å². The van der Waals surface area contributed by atoms with E-state index < -0.39 is 0 Å². The Kier molecular flexibility index (Phi) is 5.43. The van der Waals surface area contributed by atoms with Gasteiger partial charge in [-0.3, -0.25) is 24.5 Å². The highest BCUT2D eigenvalue weighted by Gasteiger charge is 2.59. The number of piperazine rings is 1. The van der Waals surface area contributed by atoms with E-state index >= 15 is 0 Å². The van der Waals surface area contributed by atoms with Gasteiger partial charge in [0.2, 0.25) is 5.91 Å². The Labute approximate surface area is 204 Å². The molecule has 2 aromatic rings. The normalized spacial score (nSPS) is 32.2. The van der Waals surface area contributed by atoms with E-state index in [1.807, 2.05) is 15.6 Å². The van der Waals surface area contributed by atoms with E-state index in [0.29, 0.717) is 37.9 Å². The second-order valence-corrected chi connectivity index (χ2v) is 11.5. The fraction of sp³-hybridized carbons (Fsp3) is 0.615. The maximum absolute atomic E-state index is 13.5. The van der Waals surface area contributed by atoms with Crippen molar-refractivity contribution in [3.63, 3.8) is 0 Å². The van der Waals surface area contributed by atoms with Crippen molar-refractivity contribution in [1.29, 1.82) is 0 Å². The Hall–Kier alpha value is -2.81. The Bertz CT molecular complexity index is 1130. The monoisotopic (exact) mass is 481 g/mol. The lowest BCUT2D eigenvalue weighted by Gasteiger charge is -2.62. The molecule has 1 aromatic carbocycles. The van der Waals surface area contributed by atoms with Crippen molar-refractivity contribution in [1.82, 2.24) is 19.6 Å². The van der Waals surface area contributed by atoms with Crippen molar-refractivity contribution in [3.05, 3.63) is 58.2 Å². The van der Waals surface area contributed by atoms with Crippen LogP contribution in [-0.4, -0.2) is 56.6 Å². The van der Waals surface area contributed by atoms with Gasteiger partial charge in [-0.15, -0.1) is 0 Å². The van der Waals surface area contributed by atoms with Gasteiger partial charge < -0.3 is 4.90 Å². The van der Waals surface area contributed by atoms with E-state index in [9.17, 15) is 19.3 Å². The van der Waals surface area contributed by atoms with E-state index in [-0.39, 0.29) is 33.3 Å². The lowest BCUT2D eigenvalue weighted by Crippen LogP contribution is -2.58. The number of benzene rings is 1. The molecular formula is C26H32FN5O3. The van der Waals surface area contributed by atoms with Crippen molar-refractivity contribution >= 4 is 11.6 Å². The number of halogens is 1. The standard InChI is InChI=1S/C26H32FN5O3/c27-22-3-1-2-19(9-22)16-29-4-6-30(7-5-29)24(33)14-25-10-20-8-21(11-25)13-26(12-20,18-25)31-17-23(15-28-31)32(34)35/h1-3,9,15,17,20-21H,4-8,10-14,16,18H2. The number of carbonyl (C=O) groups is 1. The van der Waals surface area contributed by atoms with Gasteiger partial charge in [0.1, 0.15) is 18.2 Å². The summed E-state index contributed by atoms with van der Waals surface area (Å²) < 4.78 is 15.4. The average molecular weight is 482 g/mol. The predicted molar refractivity (Wildman–Crippen MR) is 127 cm³/mol. The predicted octanol–water partition coefficient (Wildman–Crippen LogP) is 3.96. The fourth-order valence-electron chi connectivity index (χ4n) is 8.03. The number of hydrogen-bond donors (Lipinski definition) is 0. The molecule has 2 unspecified atom stereocenters. The Balaban J connectivity index is 1.11. The number of rotatable bonds is 6. The summed E-state index contributed by atoms with van der Waals surface area (Å²) in [5.74, 6) is 1.15. The number of nitro groups is 1. The van der Waals surface area contributed by atoms with Crippen LogP contribution in [0.1, 0.15) is 50.5 Å². The number of hydrogen-bond acceptors (Lipinski definition) is 5. The number of nitrogens with zero attached hydrogens (tertiary/aromatic N) is 5. The van der Waals surface area contributed by atoms with Crippen LogP contribution in [0.5, 0.6) is 0 Å². The molecule has 2 atom stereocenters. The van der Waals surface area contributed by atoms with Gasteiger partial charge in [0.05, 0.1) is 10.5 Å². The van der Waals surface area contributed by atoms with E-state index in [1.165, 1.54) is 18.7 Å². The minimum atomic E-state index is -0.378. The summed E-state index contributed by atoms with van der Waals surface area (Å²) in [5.41, 5.74) is 0.785. The number of aromatic nitrogens is 2. The molecule has 4 bridgehead atoms. The van der Waals surface area contributed by atoms with Crippen LogP contribution in [0.4, 0.5) is 10.1 Å². The lowest BCUT2D eigenvalue weighted by atomic mass is 9.46. The molecule has 5 aliphatic rings. The smallest absolute Gasteiger partial charge is 0.307 e. The molecule has 1 amide bonds. The first-order valence-electron chi connectivity index (χ1n) is 12.8. The zero-order valence-corrected chi connectivity index (χ0v) is 19.9. The molecule has 1 saturated heterocycles. The molecule has 1 aromatic heterocycles. The highest BCUT2D eigenvalue weighted by atomic mass is 19.1. The van der Waals surface area contributed by atoms with Crippen LogP contribution in [0.15, 0.2) is 36.7 Å². The first-order valence-corrected chi connectivity index (χ1v) is 12.8. The second-order valence-electron chi connectivity index (χ2n) is 11.5. The second kappa shape index (κ2) is 8.40. The van der Waals surface area contributed by atoms with Crippen LogP contribution in [0, 0.1) is 33.2 Å². The lowest BCUT2D eigenvalue weighted by molar-refractivity contribution is -0.385. The van der Waals surface area contributed by atoms with Gasteiger partial charge in [0.25, 0.3) is 0 Å². The van der Waals surface area contributed by atoms with Crippen LogP contribution in [-0.2, 0) is 16.9 Å². The molecule has 5 fully saturated rings. The molecule has 1 aliphatic heterocycles. The van der Waals surface area contributed by atoms with E-state index in [0.717, 1.165) is 50.8 Å². The van der Waals surface area contributed by atoms with Gasteiger partial charge in [-0.2, -0.15) is 5.10 Å². The molecule has 2 heterocycles. The van der Waals surface area contributed by atoms with E-state index in [4.69, 9.17) is 0 Å². The van der Waals surface area contributed by atoms with Gasteiger partial charge in [-0.1, -0.05) is 12.1 Å². The van der Waals surface area contributed by atoms with Gasteiger partial charge in [-0.05, 0) is 73.5 Å². The molecule has 4 saturated carbocycles. The summed E-state index contributed by atoms with van der Waals surface area (Å²) in [5, 5.41) is 15.7. The third-order valence-corrected chi connectivity index (χ3v) is 8.96. The summed E-state index contributed by atoms with van der Waals surface area (Å²) in [4.78, 5) is 28.6. The van der Waals surface area contributed by atoms with Crippen LogP contribution >= 0.6 is 0 Å². The molecular weight excluding hydrogens is 449 g/mol. The molecule has 0 spiro atoms. The SMILES string of the molecule is O=C(CC12CC3CC(C1)CC(n1cc([N+](=O)[O-])cn1)(C3)C2)N1CCN(Cc2cccc(F)c2)CC1. The maximum Gasteiger partial charge on any atom is 0.307 e. The zero-order chi connectivity index (χ0) is 24.2. The zero-order valence-electron chi connectivity index (χ0n) is 19.9. The Morgan fingerprint density at radius 1 is 1.14 bits per heavy atom. The van der Waals surface area contributed by atoms with Crippen LogP contribution in [0.3, 0.4) is 0 Å². The van der Waals surface area contributed by atoms with Crippen molar-refractivity contribution in [2.45, 2.75) is 57.0 Å². The van der Waals surface area contributed by atoms with Crippen LogP contribution in [0.2, 0.25) is 0 Å². The molecule has 35 heavy (non-hydrogen) atoms. The fourth-order valence-corrected chi connectivity index (χ4v) is 8.03.